The summed E-state index contributed by atoms with van der Waals surface area (Å²) in [5.74, 6) is -1.39. The van der Waals surface area contributed by atoms with Crippen molar-refractivity contribution < 1.29 is 22.3 Å². The first-order valence-electron chi connectivity index (χ1n) is 4.81. The Bertz CT molecular complexity index is 426. The number of anilines is 1. The van der Waals surface area contributed by atoms with Crippen LogP contribution in [0.5, 0.6) is 0 Å². The van der Waals surface area contributed by atoms with Crippen LogP contribution in [0.4, 0.5) is 23.2 Å². The summed E-state index contributed by atoms with van der Waals surface area (Å²) < 4.78 is 55.6. The Hall–Kier alpha value is -1.72. The molecular formula is C11H11F4NO. The fourth-order valence-corrected chi connectivity index (χ4v) is 1.21. The number of ether oxygens (including phenoxy) is 1. The van der Waals surface area contributed by atoms with E-state index in [1.54, 1.807) is 6.92 Å². The number of nitrogen functional groups attached to an aromatic ring is 1. The summed E-state index contributed by atoms with van der Waals surface area (Å²) in [7, 11) is 0. The second kappa shape index (κ2) is 5.07. The Morgan fingerprint density at radius 3 is 2.53 bits per heavy atom. The van der Waals surface area contributed by atoms with Crippen molar-refractivity contribution in [3.05, 3.63) is 35.3 Å². The number of nitrogens with two attached hydrogens (primary N) is 1. The van der Waals surface area contributed by atoms with Gasteiger partial charge in [-0.1, -0.05) is 0 Å². The average Bonchev–Trinajstić information content (AvgIpc) is 2.21. The summed E-state index contributed by atoms with van der Waals surface area (Å²) in [5, 5.41) is 0. The quantitative estimate of drug-likeness (QED) is 0.506. The average molecular weight is 249 g/mol. The largest absolute Gasteiger partial charge is 0.501 e. The zero-order chi connectivity index (χ0) is 13.1. The van der Waals surface area contributed by atoms with Crippen LogP contribution in [-0.2, 0) is 10.9 Å². The van der Waals surface area contributed by atoms with Gasteiger partial charge in [0.15, 0.2) is 0 Å². The Balaban J connectivity index is 3.21. The summed E-state index contributed by atoms with van der Waals surface area (Å²) in [6.07, 6.45) is -2.57. The summed E-state index contributed by atoms with van der Waals surface area (Å²) in [5.41, 5.74) is 3.65. The first-order chi connectivity index (χ1) is 7.88. The molecule has 0 unspecified atom stereocenters. The molecule has 0 aliphatic rings. The molecule has 0 saturated heterocycles. The summed E-state index contributed by atoms with van der Waals surface area (Å²) >= 11 is 0. The molecule has 0 aliphatic heterocycles. The Kier molecular flexibility index (Phi) is 3.98. The Morgan fingerprint density at radius 1 is 1.35 bits per heavy atom. The van der Waals surface area contributed by atoms with Crippen LogP contribution in [0.25, 0.3) is 6.08 Å². The maximum absolute atomic E-state index is 13.5. The van der Waals surface area contributed by atoms with Gasteiger partial charge in [0, 0.05) is 11.3 Å². The lowest BCUT2D eigenvalue weighted by Crippen LogP contribution is -2.10. The molecule has 2 nitrogen and oxygen atoms in total. The molecule has 1 aromatic carbocycles. The van der Waals surface area contributed by atoms with Crippen molar-refractivity contribution in [2.24, 2.45) is 0 Å². The predicted octanol–water partition coefficient (Wildman–Crippen LogP) is 3.43. The van der Waals surface area contributed by atoms with Crippen molar-refractivity contribution in [3.63, 3.8) is 0 Å². The normalized spacial score (nSPS) is 12.1. The van der Waals surface area contributed by atoms with Gasteiger partial charge in [0.25, 0.3) is 0 Å². The molecule has 0 radical (unpaired) electrons. The van der Waals surface area contributed by atoms with Crippen molar-refractivity contribution in [2.45, 2.75) is 13.1 Å². The monoisotopic (exact) mass is 249 g/mol. The zero-order valence-electron chi connectivity index (χ0n) is 9.01. The second-order valence-corrected chi connectivity index (χ2v) is 3.19. The molecule has 0 aliphatic carbocycles. The Labute approximate surface area is 95.7 Å². The van der Waals surface area contributed by atoms with Crippen molar-refractivity contribution in [3.8, 4) is 0 Å². The molecule has 0 atom stereocenters. The molecule has 1 rings (SSSR count). The van der Waals surface area contributed by atoms with Gasteiger partial charge in [-0.05, 0) is 25.1 Å². The third-order valence-corrected chi connectivity index (χ3v) is 2.02. The topological polar surface area (TPSA) is 35.2 Å². The lowest BCUT2D eigenvalue weighted by Gasteiger charge is -2.11. The van der Waals surface area contributed by atoms with E-state index < -0.39 is 17.6 Å². The maximum atomic E-state index is 13.5. The van der Waals surface area contributed by atoms with Gasteiger partial charge in [0.2, 0.25) is 0 Å². The minimum atomic E-state index is -4.74. The van der Waals surface area contributed by atoms with E-state index in [9.17, 15) is 17.6 Å². The van der Waals surface area contributed by atoms with Crippen LogP contribution in [-0.4, -0.2) is 6.61 Å². The second-order valence-electron chi connectivity index (χ2n) is 3.19. The van der Waals surface area contributed by atoms with Crippen LogP contribution in [0.1, 0.15) is 18.1 Å². The fraction of sp³-hybridized carbons (Fsp3) is 0.273. The van der Waals surface area contributed by atoms with Crippen molar-refractivity contribution >= 4 is 11.8 Å². The fourth-order valence-electron chi connectivity index (χ4n) is 1.21. The highest BCUT2D eigenvalue weighted by molar-refractivity contribution is 5.65. The van der Waals surface area contributed by atoms with Gasteiger partial charge in [-0.15, -0.1) is 0 Å². The van der Waals surface area contributed by atoms with Crippen LogP contribution in [0, 0.1) is 5.82 Å². The van der Waals surface area contributed by atoms with E-state index in [1.807, 2.05) is 0 Å². The van der Waals surface area contributed by atoms with E-state index >= 15 is 0 Å². The molecule has 0 amide bonds. The van der Waals surface area contributed by atoms with Crippen LogP contribution in [0.3, 0.4) is 0 Å². The van der Waals surface area contributed by atoms with Crippen molar-refractivity contribution in [1.29, 1.82) is 0 Å². The maximum Gasteiger partial charge on any atom is 0.419 e. The predicted molar refractivity (Wildman–Crippen MR) is 56.5 cm³/mol. The van der Waals surface area contributed by atoms with E-state index in [1.165, 1.54) is 0 Å². The highest BCUT2D eigenvalue weighted by Crippen LogP contribution is 2.34. The number of hydrogen-bond donors (Lipinski definition) is 1. The molecule has 0 saturated carbocycles. The van der Waals surface area contributed by atoms with Crippen LogP contribution in [0.15, 0.2) is 18.4 Å². The molecule has 2 N–H and O–H groups in total. The third kappa shape index (κ3) is 3.12. The smallest absolute Gasteiger partial charge is 0.419 e. The van der Waals surface area contributed by atoms with Gasteiger partial charge in [-0.3, -0.25) is 0 Å². The van der Waals surface area contributed by atoms with E-state index in [4.69, 9.17) is 10.5 Å². The first-order valence-corrected chi connectivity index (χ1v) is 4.81. The third-order valence-electron chi connectivity index (χ3n) is 2.02. The van der Waals surface area contributed by atoms with Crippen LogP contribution in [0.2, 0.25) is 0 Å². The molecule has 0 heterocycles. The highest BCUT2D eigenvalue weighted by atomic mass is 19.4. The summed E-state index contributed by atoms with van der Waals surface area (Å²) in [6, 6.07) is 1.63. The lowest BCUT2D eigenvalue weighted by molar-refractivity contribution is -0.140. The number of halogens is 4. The summed E-state index contributed by atoms with van der Waals surface area (Å²) in [4.78, 5) is 0. The number of benzene rings is 1. The molecule has 0 bridgehead atoms. The van der Waals surface area contributed by atoms with Gasteiger partial charge in [0.1, 0.15) is 5.82 Å². The molecule has 6 heteroatoms. The SMILES string of the molecule is CCO/C=C/c1c(N)ccc(C(F)(F)F)c1F. The molecule has 94 valence electrons. The van der Waals surface area contributed by atoms with Gasteiger partial charge in [-0.25, -0.2) is 4.39 Å². The first kappa shape index (κ1) is 13.3. The zero-order valence-corrected chi connectivity index (χ0v) is 9.01. The van der Waals surface area contributed by atoms with Crippen LogP contribution < -0.4 is 5.73 Å². The minimum Gasteiger partial charge on any atom is -0.501 e. The molecular weight excluding hydrogens is 238 g/mol. The van der Waals surface area contributed by atoms with E-state index in [0.717, 1.165) is 18.4 Å². The Morgan fingerprint density at radius 2 is 2.00 bits per heavy atom. The molecule has 0 spiro atoms. The van der Waals surface area contributed by atoms with E-state index in [2.05, 4.69) is 0 Å². The van der Waals surface area contributed by atoms with Crippen LogP contribution >= 0.6 is 0 Å². The van der Waals surface area contributed by atoms with Gasteiger partial charge in [0.05, 0.1) is 18.4 Å². The lowest BCUT2D eigenvalue weighted by atomic mass is 10.1. The molecule has 1 aromatic rings. The number of alkyl halides is 3. The van der Waals surface area contributed by atoms with E-state index in [0.29, 0.717) is 12.7 Å². The van der Waals surface area contributed by atoms with Gasteiger partial charge in [-0.2, -0.15) is 13.2 Å². The number of rotatable bonds is 3. The highest BCUT2D eigenvalue weighted by Gasteiger charge is 2.35. The number of hydrogen-bond acceptors (Lipinski definition) is 2. The molecule has 0 fully saturated rings. The van der Waals surface area contributed by atoms with Gasteiger partial charge >= 0.3 is 6.18 Å². The molecule has 17 heavy (non-hydrogen) atoms. The van der Waals surface area contributed by atoms with Crippen molar-refractivity contribution in [2.75, 3.05) is 12.3 Å². The van der Waals surface area contributed by atoms with E-state index in [-0.39, 0.29) is 11.3 Å². The van der Waals surface area contributed by atoms with Gasteiger partial charge < -0.3 is 10.5 Å². The molecule has 0 aromatic heterocycles. The summed E-state index contributed by atoms with van der Waals surface area (Å²) in [6.45, 7) is 2.02. The standard InChI is InChI=1S/C11H11F4NO/c1-2-17-6-5-7-9(16)4-3-8(10(7)12)11(13,14)15/h3-6H,2,16H2,1H3/b6-5+. The van der Waals surface area contributed by atoms with Crippen molar-refractivity contribution in [1.82, 2.24) is 0 Å². The minimum absolute atomic E-state index is 0.0774.